The predicted molar refractivity (Wildman–Crippen MR) is 58.7 cm³/mol. The number of rotatable bonds is 5. The summed E-state index contributed by atoms with van der Waals surface area (Å²) >= 11 is 0. The minimum absolute atomic E-state index is 0.161. The van der Waals surface area contributed by atoms with Crippen molar-refractivity contribution < 1.29 is 14.3 Å². The van der Waals surface area contributed by atoms with Gasteiger partial charge in [-0.1, -0.05) is 0 Å². The Labute approximate surface area is 94.4 Å². The first kappa shape index (κ1) is 12.1. The van der Waals surface area contributed by atoms with Gasteiger partial charge in [-0.2, -0.15) is 5.26 Å². The maximum absolute atomic E-state index is 11.6. The summed E-state index contributed by atoms with van der Waals surface area (Å²) in [6.07, 6.45) is -0.161. The number of nitriles is 1. The van der Waals surface area contributed by atoms with Crippen molar-refractivity contribution >= 4 is 5.78 Å². The molecule has 0 atom stereocenters. The van der Waals surface area contributed by atoms with E-state index in [1.165, 1.54) is 7.11 Å². The first-order valence-corrected chi connectivity index (χ1v) is 4.94. The quantitative estimate of drug-likeness (QED) is 0.712. The summed E-state index contributed by atoms with van der Waals surface area (Å²) < 4.78 is 10.3. The van der Waals surface area contributed by atoms with Gasteiger partial charge in [0.15, 0.2) is 5.78 Å². The Hall–Kier alpha value is -2.02. The van der Waals surface area contributed by atoms with Gasteiger partial charge in [0.1, 0.15) is 11.5 Å². The van der Waals surface area contributed by atoms with Crippen molar-refractivity contribution in [2.75, 3.05) is 13.7 Å². The van der Waals surface area contributed by atoms with Crippen LogP contribution in [0.5, 0.6) is 11.5 Å². The lowest BCUT2D eigenvalue weighted by atomic mass is 10.1. The van der Waals surface area contributed by atoms with Crippen LogP contribution in [0.15, 0.2) is 18.2 Å². The predicted octanol–water partition coefficient (Wildman–Crippen LogP) is 2.19. The maximum atomic E-state index is 11.6. The molecule has 0 radical (unpaired) electrons. The molecule has 0 aliphatic heterocycles. The Balaban J connectivity index is 3.07. The highest BCUT2D eigenvalue weighted by Crippen LogP contribution is 2.25. The van der Waals surface area contributed by atoms with Crippen molar-refractivity contribution in [2.24, 2.45) is 0 Å². The van der Waals surface area contributed by atoms with Gasteiger partial charge < -0.3 is 9.47 Å². The number of hydrogen-bond donors (Lipinski definition) is 0. The Morgan fingerprint density at radius 1 is 1.50 bits per heavy atom. The van der Waals surface area contributed by atoms with Crippen molar-refractivity contribution in [3.63, 3.8) is 0 Å². The van der Waals surface area contributed by atoms with E-state index >= 15 is 0 Å². The van der Waals surface area contributed by atoms with Crippen LogP contribution in [0.2, 0.25) is 0 Å². The molecule has 0 aliphatic carbocycles. The van der Waals surface area contributed by atoms with Crippen molar-refractivity contribution in [2.45, 2.75) is 13.3 Å². The minimum atomic E-state index is -0.263. The van der Waals surface area contributed by atoms with E-state index in [0.29, 0.717) is 23.7 Å². The standard InChI is InChI=1S/C12H13NO3/c1-3-16-9-4-5-12(15-2)10(8-9)11(14)6-7-13/h4-5,8H,3,6H2,1-2H3. The molecular formula is C12H13NO3. The molecule has 1 rings (SSSR count). The summed E-state index contributed by atoms with van der Waals surface area (Å²) in [6, 6.07) is 6.81. The molecule has 16 heavy (non-hydrogen) atoms. The van der Waals surface area contributed by atoms with Crippen LogP contribution in [0.1, 0.15) is 23.7 Å². The third-order valence-electron chi connectivity index (χ3n) is 2.02. The van der Waals surface area contributed by atoms with Crippen molar-refractivity contribution in [1.29, 1.82) is 5.26 Å². The molecule has 0 spiro atoms. The van der Waals surface area contributed by atoms with E-state index in [0.717, 1.165) is 0 Å². The number of benzene rings is 1. The topological polar surface area (TPSA) is 59.3 Å². The van der Waals surface area contributed by atoms with E-state index < -0.39 is 0 Å². The summed E-state index contributed by atoms with van der Waals surface area (Å²) in [5.74, 6) is 0.800. The number of ether oxygens (including phenoxy) is 2. The van der Waals surface area contributed by atoms with Crippen LogP contribution in [0.25, 0.3) is 0 Å². The number of carbonyl (C=O) groups is 1. The summed E-state index contributed by atoms with van der Waals surface area (Å²) in [6.45, 7) is 2.39. The van der Waals surface area contributed by atoms with Crippen LogP contribution in [-0.4, -0.2) is 19.5 Å². The smallest absolute Gasteiger partial charge is 0.180 e. The van der Waals surface area contributed by atoms with Crippen molar-refractivity contribution in [1.82, 2.24) is 0 Å². The van der Waals surface area contributed by atoms with Gasteiger partial charge in [-0.3, -0.25) is 4.79 Å². The fraction of sp³-hybridized carbons (Fsp3) is 0.333. The highest BCUT2D eigenvalue weighted by atomic mass is 16.5. The van der Waals surface area contributed by atoms with Gasteiger partial charge in [0.05, 0.1) is 31.8 Å². The summed E-state index contributed by atoms with van der Waals surface area (Å²) in [7, 11) is 1.48. The molecular weight excluding hydrogens is 206 g/mol. The second-order valence-electron chi connectivity index (χ2n) is 3.05. The second-order valence-corrected chi connectivity index (χ2v) is 3.05. The first-order chi connectivity index (χ1) is 7.72. The van der Waals surface area contributed by atoms with Crippen molar-refractivity contribution in [3.05, 3.63) is 23.8 Å². The number of hydrogen-bond acceptors (Lipinski definition) is 4. The number of ketones is 1. The zero-order valence-corrected chi connectivity index (χ0v) is 9.32. The Morgan fingerprint density at radius 3 is 2.81 bits per heavy atom. The molecule has 0 aliphatic rings. The second kappa shape index (κ2) is 5.76. The van der Waals surface area contributed by atoms with E-state index in [9.17, 15) is 4.79 Å². The molecule has 0 saturated heterocycles. The first-order valence-electron chi connectivity index (χ1n) is 4.94. The fourth-order valence-corrected chi connectivity index (χ4v) is 1.33. The molecule has 0 saturated carbocycles. The third-order valence-corrected chi connectivity index (χ3v) is 2.02. The molecule has 0 heterocycles. The van der Waals surface area contributed by atoms with E-state index in [-0.39, 0.29) is 12.2 Å². The molecule has 0 bridgehead atoms. The van der Waals surface area contributed by atoms with Crippen LogP contribution >= 0.6 is 0 Å². The third kappa shape index (κ3) is 2.74. The number of methoxy groups -OCH3 is 1. The molecule has 4 nitrogen and oxygen atoms in total. The van der Waals surface area contributed by atoms with Crippen LogP contribution in [-0.2, 0) is 0 Å². The van der Waals surface area contributed by atoms with Gasteiger partial charge in [-0.05, 0) is 25.1 Å². The molecule has 0 unspecified atom stereocenters. The van der Waals surface area contributed by atoms with E-state index in [1.54, 1.807) is 18.2 Å². The van der Waals surface area contributed by atoms with Gasteiger partial charge in [-0.25, -0.2) is 0 Å². The van der Waals surface area contributed by atoms with Gasteiger partial charge in [0, 0.05) is 0 Å². The lowest BCUT2D eigenvalue weighted by Gasteiger charge is -2.09. The van der Waals surface area contributed by atoms with Crippen LogP contribution < -0.4 is 9.47 Å². The van der Waals surface area contributed by atoms with Gasteiger partial charge >= 0.3 is 0 Å². The van der Waals surface area contributed by atoms with Crippen molar-refractivity contribution in [3.8, 4) is 17.6 Å². The number of carbonyl (C=O) groups excluding carboxylic acids is 1. The van der Waals surface area contributed by atoms with Gasteiger partial charge in [-0.15, -0.1) is 0 Å². The summed E-state index contributed by atoms with van der Waals surface area (Å²) in [4.78, 5) is 11.6. The normalized spacial score (nSPS) is 9.31. The molecule has 1 aromatic carbocycles. The maximum Gasteiger partial charge on any atom is 0.180 e. The fourth-order valence-electron chi connectivity index (χ4n) is 1.33. The highest BCUT2D eigenvalue weighted by molar-refractivity contribution is 6.00. The zero-order valence-electron chi connectivity index (χ0n) is 9.32. The average Bonchev–Trinajstić information content (AvgIpc) is 2.30. The zero-order chi connectivity index (χ0) is 12.0. The highest BCUT2D eigenvalue weighted by Gasteiger charge is 2.13. The van der Waals surface area contributed by atoms with Crippen LogP contribution in [0.3, 0.4) is 0 Å². The summed E-state index contributed by atoms with van der Waals surface area (Å²) in [5, 5.41) is 8.49. The molecule has 1 aromatic rings. The molecule has 0 fully saturated rings. The number of Topliss-reactive ketones (excluding diaryl/α,β-unsaturated/α-hetero) is 1. The number of nitrogens with zero attached hydrogens (tertiary/aromatic N) is 1. The van der Waals surface area contributed by atoms with Gasteiger partial charge in [0.2, 0.25) is 0 Å². The van der Waals surface area contributed by atoms with Crippen LogP contribution in [0, 0.1) is 11.3 Å². The van der Waals surface area contributed by atoms with Crippen LogP contribution in [0.4, 0.5) is 0 Å². The minimum Gasteiger partial charge on any atom is -0.496 e. The van der Waals surface area contributed by atoms with E-state index in [1.807, 2.05) is 13.0 Å². The Bertz CT molecular complexity index is 421. The monoisotopic (exact) mass is 219 g/mol. The molecule has 4 heteroatoms. The van der Waals surface area contributed by atoms with E-state index in [2.05, 4.69) is 0 Å². The average molecular weight is 219 g/mol. The molecule has 84 valence electrons. The molecule has 0 N–H and O–H groups in total. The Kier molecular flexibility index (Phi) is 4.34. The molecule has 0 amide bonds. The lowest BCUT2D eigenvalue weighted by molar-refractivity contribution is 0.0994. The molecule has 0 aromatic heterocycles. The lowest BCUT2D eigenvalue weighted by Crippen LogP contribution is -2.02. The largest absolute Gasteiger partial charge is 0.496 e. The SMILES string of the molecule is CCOc1ccc(OC)c(C(=O)CC#N)c1. The Morgan fingerprint density at radius 2 is 2.25 bits per heavy atom. The van der Waals surface area contributed by atoms with Gasteiger partial charge in [0.25, 0.3) is 0 Å². The summed E-state index contributed by atoms with van der Waals surface area (Å²) in [5.41, 5.74) is 0.384. The van der Waals surface area contributed by atoms with E-state index in [4.69, 9.17) is 14.7 Å².